The highest BCUT2D eigenvalue weighted by Crippen LogP contribution is 2.39. The molecule has 3 rings (SSSR count). The van der Waals surface area contributed by atoms with Gasteiger partial charge in [-0.3, -0.25) is 14.6 Å². The minimum absolute atomic E-state index is 0.0827. The number of carbonyl (C=O) groups is 2. The van der Waals surface area contributed by atoms with Gasteiger partial charge in [-0.15, -0.1) is 0 Å². The van der Waals surface area contributed by atoms with Gasteiger partial charge in [0, 0.05) is 24.5 Å². The van der Waals surface area contributed by atoms with E-state index in [-0.39, 0.29) is 11.3 Å². The first-order chi connectivity index (χ1) is 13.9. The molecule has 0 aliphatic carbocycles. The van der Waals surface area contributed by atoms with Crippen LogP contribution in [0.3, 0.4) is 0 Å². The summed E-state index contributed by atoms with van der Waals surface area (Å²) >= 11 is 0. The molecule has 1 atom stereocenters. The second-order valence-electron chi connectivity index (χ2n) is 7.16. The number of hydrogen-bond donors (Lipinski definition) is 1. The van der Waals surface area contributed by atoms with E-state index in [1.54, 1.807) is 48.8 Å². The Balaban J connectivity index is 2.07. The van der Waals surface area contributed by atoms with Crippen LogP contribution in [-0.4, -0.2) is 65.9 Å². The maximum Gasteiger partial charge on any atom is 0.295 e. The lowest BCUT2D eigenvalue weighted by atomic mass is 9.96. The summed E-state index contributed by atoms with van der Waals surface area (Å²) in [5, 5.41) is 11.0. The smallest absolute Gasteiger partial charge is 0.295 e. The number of amides is 1. The molecule has 1 N–H and O–H groups in total. The average molecular weight is 395 g/mol. The number of aliphatic hydroxyl groups is 1. The lowest BCUT2D eigenvalue weighted by Gasteiger charge is -2.25. The van der Waals surface area contributed by atoms with E-state index in [1.807, 2.05) is 19.0 Å². The number of methoxy groups -OCH3 is 1. The van der Waals surface area contributed by atoms with Crippen molar-refractivity contribution < 1.29 is 19.4 Å². The Morgan fingerprint density at radius 1 is 1.21 bits per heavy atom. The maximum atomic E-state index is 12.9. The lowest BCUT2D eigenvalue weighted by molar-refractivity contribution is -0.139. The van der Waals surface area contributed by atoms with E-state index in [0.717, 1.165) is 12.1 Å². The minimum atomic E-state index is -0.683. The predicted octanol–water partition coefficient (Wildman–Crippen LogP) is 2.46. The van der Waals surface area contributed by atoms with E-state index in [2.05, 4.69) is 4.98 Å². The molecule has 0 spiro atoms. The van der Waals surface area contributed by atoms with Gasteiger partial charge in [-0.2, -0.15) is 0 Å². The fourth-order valence-corrected chi connectivity index (χ4v) is 3.49. The van der Waals surface area contributed by atoms with E-state index < -0.39 is 17.7 Å². The van der Waals surface area contributed by atoms with Crippen molar-refractivity contribution in [2.24, 2.45) is 0 Å². The highest BCUT2D eigenvalue weighted by molar-refractivity contribution is 6.46. The predicted molar refractivity (Wildman–Crippen MR) is 109 cm³/mol. The van der Waals surface area contributed by atoms with Crippen LogP contribution in [0.15, 0.2) is 54.4 Å². The van der Waals surface area contributed by atoms with Crippen molar-refractivity contribution in [1.82, 2.24) is 14.8 Å². The van der Waals surface area contributed by atoms with Crippen molar-refractivity contribution in [1.29, 1.82) is 0 Å². The number of aromatic nitrogens is 1. The molecule has 0 bridgehead atoms. The van der Waals surface area contributed by atoms with E-state index in [1.165, 1.54) is 12.0 Å². The third kappa shape index (κ3) is 4.30. The lowest BCUT2D eigenvalue weighted by Crippen LogP contribution is -2.32. The maximum absolute atomic E-state index is 12.9. The summed E-state index contributed by atoms with van der Waals surface area (Å²) < 4.78 is 5.21. The van der Waals surface area contributed by atoms with Gasteiger partial charge in [-0.05, 0) is 56.9 Å². The first-order valence-electron chi connectivity index (χ1n) is 9.41. The normalized spacial score (nSPS) is 18.5. The topological polar surface area (TPSA) is 83.0 Å². The molecule has 2 heterocycles. The molecule has 2 aromatic rings. The molecule has 1 amide bonds. The van der Waals surface area contributed by atoms with E-state index in [0.29, 0.717) is 24.3 Å². The van der Waals surface area contributed by atoms with E-state index in [9.17, 15) is 14.7 Å². The summed E-state index contributed by atoms with van der Waals surface area (Å²) in [6, 6.07) is 9.65. The first kappa shape index (κ1) is 20.5. The summed E-state index contributed by atoms with van der Waals surface area (Å²) in [7, 11) is 5.44. The summed E-state index contributed by atoms with van der Waals surface area (Å²) in [5.74, 6) is -0.944. The van der Waals surface area contributed by atoms with Crippen LogP contribution in [0.5, 0.6) is 5.75 Å². The van der Waals surface area contributed by atoms with Crippen molar-refractivity contribution in [3.8, 4) is 5.75 Å². The number of nitrogens with zero attached hydrogens (tertiary/aromatic N) is 3. The molecule has 1 aromatic heterocycles. The first-order valence-corrected chi connectivity index (χ1v) is 9.41. The number of benzene rings is 1. The SMILES string of the molecule is COc1cccc(/C(O)=C2\C(=O)C(=O)N(CCCN(C)C)[C@@H]2c2ccncc2)c1. The van der Waals surface area contributed by atoms with Crippen molar-refractivity contribution in [2.45, 2.75) is 12.5 Å². The average Bonchev–Trinajstić information content (AvgIpc) is 2.98. The van der Waals surface area contributed by atoms with E-state index in [4.69, 9.17) is 4.74 Å². The largest absolute Gasteiger partial charge is 0.507 e. The van der Waals surface area contributed by atoms with Crippen LogP contribution in [0, 0.1) is 0 Å². The minimum Gasteiger partial charge on any atom is -0.507 e. The van der Waals surface area contributed by atoms with Gasteiger partial charge in [0.05, 0.1) is 18.7 Å². The Bertz CT molecular complexity index is 925. The molecule has 29 heavy (non-hydrogen) atoms. The molecule has 7 heteroatoms. The van der Waals surface area contributed by atoms with Gasteiger partial charge in [-0.25, -0.2) is 0 Å². The number of rotatable bonds is 7. The van der Waals surface area contributed by atoms with Crippen molar-refractivity contribution in [3.63, 3.8) is 0 Å². The molecule has 7 nitrogen and oxygen atoms in total. The number of likely N-dealkylation sites (tertiary alicyclic amines) is 1. The van der Waals surface area contributed by atoms with Crippen LogP contribution < -0.4 is 4.74 Å². The Hall–Kier alpha value is -3.19. The molecule has 0 radical (unpaired) electrons. The molecular weight excluding hydrogens is 370 g/mol. The molecule has 1 saturated heterocycles. The zero-order valence-electron chi connectivity index (χ0n) is 16.8. The third-order valence-electron chi connectivity index (χ3n) is 4.91. The number of ether oxygens (including phenoxy) is 1. The van der Waals surface area contributed by atoms with Gasteiger partial charge in [0.25, 0.3) is 11.7 Å². The highest BCUT2D eigenvalue weighted by atomic mass is 16.5. The number of Topliss-reactive ketones (excluding diaryl/α,β-unsaturated/α-hetero) is 1. The molecule has 1 aliphatic heterocycles. The Morgan fingerprint density at radius 3 is 2.59 bits per heavy atom. The fourth-order valence-electron chi connectivity index (χ4n) is 3.49. The Kier molecular flexibility index (Phi) is 6.29. The zero-order valence-corrected chi connectivity index (χ0v) is 16.8. The summed E-state index contributed by atoms with van der Waals surface area (Å²) in [6.45, 7) is 1.19. The standard InChI is InChI=1S/C22H25N3O4/c1-24(2)12-5-13-25-19(15-8-10-23-11-9-15)18(21(27)22(25)28)20(26)16-6-4-7-17(14-16)29-3/h4,6-11,14,19,26H,5,12-13H2,1-3H3/b20-18+/t19-/m1/s1. The van der Waals surface area contributed by atoms with Gasteiger partial charge in [-0.1, -0.05) is 12.1 Å². The number of pyridine rings is 1. The van der Waals surface area contributed by atoms with Gasteiger partial charge < -0.3 is 19.6 Å². The second kappa shape index (κ2) is 8.87. The van der Waals surface area contributed by atoms with Crippen molar-refractivity contribution in [3.05, 3.63) is 65.5 Å². The van der Waals surface area contributed by atoms with Crippen LogP contribution in [-0.2, 0) is 9.59 Å². The molecule has 1 aromatic carbocycles. The van der Waals surface area contributed by atoms with Gasteiger partial charge >= 0.3 is 0 Å². The van der Waals surface area contributed by atoms with Crippen LogP contribution in [0.25, 0.3) is 5.76 Å². The summed E-state index contributed by atoms with van der Waals surface area (Å²) in [4.78, 5) is 33.3. The molecule has 0 unspecified atom stereocenters. The van der Waals surface area contributed by atoms with Crippen LogP contribution >= 0.6 is 0 Å². The fraction of sp³-hybridized carbons (Fsp3) is 0.318. The highest BCUT2D eigenvalue weighted by Gasteiger charge is 2.45. The molecule has 152 valence electrons. The van der Waals surface area contributed by atoms with Crippen LogP contribution in [0.1, 0.15) is 23.6 Å². The molecule has 1 fully saturated rings. The summed E-state index contributed by atoms with van der Waals surface area (Å²) in [6.07, 6.45) is 3.93. The van der Waals surface area contributed by atoms with Crippen LogP contribution in [0.4, 0.5) is 0 Å². The second-order valence-corrected chi connectivity index (χ2v) is 7.16. The molecular formula is C22H25N3O4. The number of ketones is 1. The number of hydrogen-bond acceptors (Lipinski definition) is 6. The number of aliphatic hydroxyl groups excluding tert-OH is 1. The Morgan fingerprint density at radius 2 is 1.93 bits per heavy atom. The van der Waals surface area contributed by atoms with Gasteiger partial charge in [0.2, 0.25) is 0 Å². The van der Waals surface area contributed by atoms with Gasteiger partial charge in [0.1, 0.15) is 11.5 Å². The van der Waals surface area contributed by atoms with E-state index >= 15 is 0 Å². The zero-order chi connectivity index (χ0) is 21.0. The van der Waals surface area contributed by atoms with Crippen LogP contribution in [0.2, 0.25) is 0 Å². The number of carbonyl (C=O) groups excluding carboxylic acids is 2. The van der Waals surface area contributed by atoms with Crippen molar-refractivity contribution in [2.75, 3.05) is 34.3 Å². The van der Waals surface area contributed by atoms with Crippen molar-refractivity contribution >= 4 is 17.4 Å². The molecule has 0 saturated carbocycles. The molecule has 1 aliphatic rings. The monoisotopic (exact) mass is 395 g/mol. The quantitative estimate of drug-likeness (QED) is 0.441. The van der Waals surface area contributed by atoms with Gasteiger partial charge in [0.15, 0.2) is 0 Å². The summed E-state index contributed by atoms with van der Waals surface area (Å²) in [5.41, 5.74) is 1.24. The Labute approximate surface area is 170 Å². The third-order valence-corrected chi connectivity index (χ3v) is 4.91.